The molecule has 0 saturated carbocycles. The third-order valence-electron chi connectivity index (χ3n) is 1.12. The molecule has 0 aliphatic rings. The van der Waals surface area contributed by atoms with Crippen LogP contribution in [0.25, 0.3) is 0 Å². The Kier molecular flexibility index (Phi) is 5.19. The van der Waals surface area contributed by atoms with Crippen LogP contribution in [-0.4, -0.2) is 38.2 Å². The monoisotopic (exact) mass is 195 g/mol. The fourth-order valence-corrected chi connectivity index (χ4v) is 0.707. The fourth-order valence-electron chi connectivity index (χ4n) is 0.504. The van der Waals surface area contributed by atoms with E-state index in [2.05, 4.69) is 14.8 Å². The minimum atomic E-state index is -0.857. The molecule has 0 aromatic carbocycles. The van der Waals surface area contributed by atoms with Crippen molar-refractivity contribution in [2.24, 2.45) is 0 Å². The molecule has 1 amide bonds. The topological polar surface area (TPSA) is 64.6 Å². The highest BCUT2D eigenvalue weighted by Gasteiger charge is 2.20. The average Bonchev–Trinajstić information content (AvgIpc) is 2.12. The van der Waals surface area contributed by atoms with Gasteiger partial charge in [-0.05, 0) is 0 Å². The number of methoxy groups -OCH3 is 2. The summed E-state index contributed by atoms with van der Waals surface area (Å²) < 4.78 is 8.62. The van der Waals surface area contributed by atoms with Gasteiger partial charge in [0, 0.05) is 0 Å². The molecular weight excluding hydrogens is 186 g/mol. The van der Waals surface area contributed by atoms with E-state index in [9.17, 15) is 9.59 Å². The van der Waals surface area contributed by atoms with Crippen molar-refractivity contribution in [1.29, 1.82) is 0 Å². The van der Waals surface area contributed by atoms with Crippen molar-refractivity contribution >= 4 is 23.7 Å². The second-order valence-electron chi connectivity index (χ2n) is 1.87. The Labute approximate surface area is 75.0 Å². The van der Waals surface area contributed by atoms with E-state index in [0.717, 1.165) is 0 Å². The summed E-state index contributed by atoms with van der Waals surface area (Å²) >= 11 is 5.37. The van der Waals surface area contributed by atoms with Crippen molar-refractivity contribution in [1.82, 2.24) is 5.32 Å². The van der Waals surface area contributed by atoms with Crippen molar-refractivity contribution in [3.63, 3.8) is 0 Å². The summed E-state index contributed by atoms with van der Waals surface area (Å²) in [6.45, 7) is 0. The first kappa shape index (κ1) is 11.0. The number of amides is 1. The van der Waals surface area contributed by atoms with Crippen molar-refractivity contribution in [3.8, 4) is 0 Å². The highest BCUT2D eigenvalue weighted by atomic mass is 35.5. The summed E-state index contributed by atoms with van der Waals surface area (Å²) in [5.74, 6) is -0.655. The average molecular weight is 196 g/mol. The second-order valence-corrected chi connectivity index (χ2v) is 2.17. The molecular formula is C6H10ClNO4. The second kappa shape index (κ2) is 5.65. The van der Waals surface area contributed by atoms with Gasteiger partial charge in [-0.15, -0.1) is 11.6 Å². The van der Waals surface area contributed by atoms with Crippen LogP contribution in [-0.2, 0) is 14.3 Å². The summed E-state index contributed by atoms with van der Waals surface area (Å²) in [5, 5.41) is 2.20. The molecule has 0 heterocycles. The van der Waals surface area contributed by atoms with Crippen molar-refractivity contribution in [2.75, 3.05) is 20.1 Å². The van der Waals surface area contributed by atoms with Crippen LogP contribution in [0.15, 0.2) is 0 Å². The molecule has 1 atom stereocenters. The molecule has 6 heteroatoms. The predicted octanol–water partition coefficient (Wildman–Crippen LogP) is 0.123. The number of carbonyl (C=O) groups excluding carboxylic acids is 2. The first-order valence-corrected chi connectivity index (χ1v) is 3.67. The lowest BCUT2D eigenvalue weighted by atomic mass is 10.3. The molecule has 0 bridgehead atoms. The Hall–Kier alpha value is -0.970. The lowest BCUT2D eigenvalue weighted by molar-refractivity contribution is -0.142. The molecule has 0 radical (unpaired) electrons. The third kappa shape index (κ3) is 3.43. The normalized spacial score (nSPS) is 11.6. The van der Waals surface area contributed by atoms with Crippen molar-refractivity contribution in [3.05, 3.63) is 0 Å². The Morgan fingerprint density at radius 2 is 2.00 bits per heavy atom. The van der Waals surface area contributed by atoms with Crippen molar-refractivity contribution < 1.29 is 19.1 Å². The Morgan fingerprint density at radius 3 is 2.33 bits per heavy atom. The smallest absolute Gasteiger partial charge is 0.407 e. The van der Waals surface area contributed by atoms with Crippen molar-refractivity contribution in [2.45, 2.75) is 6.04 Å². The van der Waals surface area contributed by atoms with Gasteiger partial charge in [-0.2, -0.15) is 0 Å². The van der Waals surface area contributed by atoms with Gasteiger partial charge in [-0.1, -0.05) is 0 Å². The number of rotatable bonds is 3. The van der Waals surface area contributed by atoms with Gasteiger partial charge in [0.15, 0.2) is 0 Å². The Bertz CT molecular complexity index is 173. The minimum Gasteiger partial charge on any atom is -0.467 e. The maximum Gasteiger partial charge on any atom is 0.407 e. The SMILES string of the molecule is COC(=O)NC(CCl)C(=O)OC. The molecule has 0 aromatic heterocycles. The number of halogens is 1. The molecule has 1 N–H and O–H groups in total. The summed E-state index contributed by atoms with van der Waals surface area (Å²) in [7, 11) is 2.40. The summed E-state index contributed by atoms with van der Waals surface area (Å²) in [5.41, 5.74) is 0. The van der Waals surface area contributed by atoms with E-state index in [1.165, 1.54) is 14.2 Å². The quantitative estimate of drug-likeness (QED) is 0.513. The first-order chi connectivity index (χ1) is 5.65. The van der Waals surface area contributed by atoms with Crippen LogP contribution in [0.5, 0.6) is 0 Å². The zero-order chi connectivity index (χ0) is 9.56. The predicted molar refractivity (Wildman–Crippen MR) is 42.1 cm³/mol. The number of carbonyl (C=O) groups is 2. The summed E-state index contributed by atoms with van der Waals surface area (Å²) in [6.07, 6.45) is -0.717. The number of ether oxygens (including phenoxy) is 2. The van der Waals surface area contributed by atoms with E-state index in [-0.39, 0.29) is 5.88 Å². The van der Waals surface area contributed by atoms with Crippen LogP contribution in [0.1, 0.15) is 0 Å². The van der Waals surface area contributed by atoms with Crippen LogP contribution < -0.4 is 5.32 Å². The number of hydrogen-bond donors (Lipinski definition) is 1. The highest BCUT2D eigenvalue weighted by Crippen LogP contribution is 1.92. The molecule has 0 saturated heterocycles. The molecule has 12 heavy (non-hydrogen) atoms. The van der Waals surface area contributed by atoms with Gasteiger partial charge in [0.25, 0.3) is 0 Å². The molecule has 0 spiro atoms. The van der Waals surface area contributed by atoms with Gasteiger partial charge >= 0.3 is 12.1 Å². The molecule has 0 fully saturated rings. The Balaban J connectivity index is 3.99. The molecule has 5 nitrogen and oxygen atoms in total. The maximum absolute atomic E-state index is 10.8. The number of esters is 1. The number of hydrogen-bond acceptors (Lipinski definition) is 4. The fraction of sp³-hybridized carbons (Fsp3) is 0.667. The highest BCUT2D eigenvalue weighted by molar-refractivity contribution is 6.19. The van der Waals surface area contributed by atoms with E-state index in [4.69, 9.17) is 11.6 Å². The third-order valence-corrected chi connectivity index (χ3v) is 1.43. The lowest BCUT2D eigenvalue weighted by Crippen LogP contribution is -2.42. The number of alkyl halides is 1. The summed E-state index contributed by atoms with van der Waals surface area (Å²) in [4.78, 5) is 21.4. The van der Waals surface area contributed by atoms with Crippen LogP contribution in [0.3, 0.4) is 0 Å². The number of nitrogens with one attached hydrogen (secondary N) is 1. The van der Waals surface area contributed by atoms with Crippen LogP contribution in [0.4, 0.5) is 4.79 Å². The standard InChI is InChI=1S/C6H10ClNO4/c1-11-5(9)4(3-7)8-6(10)12-2/h4H,3H2,1-2H3,(H,8,10). The van der Waals surface area contributed by atoms with Gasteiger partial charge in [-0.3, -0.25) is 0 Å². The molecule has 0 aliphatic carbocycles. The van der Waals surface area contributed by atoms with Gasteiger partial charge in [-0.25, -0.2) is 9.59 Å². The van der Waals surface area contributed by atoms with E-state index in [0.29, 0.717) is 0 Å². The van der Waals surface area contributed by atoms with Crippen LogP contribution >= 0.6 is 11.6 Å². The zero-order valence-electron chi connectivity index (χ0n) is 6.80. The van der Waals surface area contributed by atoms with E-state index in [1.54, 1.807) is 0 Å². The summed E-state index contributed by atoms with van der Waals surface area (Å²) in [6, 6.07) is -0.857. The van der Waals surface area contributed by atoms with Gasteiger partial charge in [0.1, 0.15) is 6.04 Å². The molecule has 0 rings (SSSR count). The van der Waals surface area contributed by atoms with E-state index >= 15 is 0 Å². The zero-order valence-corrected chi connectivity index (χ0v) is 7.55. The first-order valence-electron chi connectivity index (χ1n) is 3.14. The van der Waals surface area contributed by atoms with E-state index < -0.39 is 18.1 Å². The minimum absolute atomic E-state index is 0.0538. The Morgan fingerprint density at radius 1 is 1.42 bits per heavy atom. The van der Waals surface area contributed by atoms with Gasteiger partial charge in [0.05, 0.1) is 20.1 Å². The molecule has 0 aromatic rings. The largest absolute Gasteiger partial charge is 0.467 e. The molecule has 0 aliphatic heterocycles. The lowest BCUT2D eigenvalue weighted by Gasteiger charge is -2.11. The van der Waals surface area contributed by atoms with E-state index in [1.807, 2.05) is 0 Å². The van der Waals surface area contributed by atoms with Gasteiger partial charge < -0.3 is 14.8 Å². The molecule has 70 valence electrons. The van der Waals surface area contributed by atoms with Crippen LogP contribution in [0, 0.1) is 0 Å². The molecule has 1 unspecified atom stereocenters. The van der Waals surface area contributed by atoms with Gasteiger partial charge in [0.2, 0.25) is 0 Å². The van der Waals surface area contributed by atoms with Crippen LogP contribution in [0.2, 0.25) is 0 Å². The maximum atomic E-state index is 10.8. The number of alkyl carbamates (subject to hydrolysis) is 1.